The summed E-state index contributed by atoms with van der Waals surface area (Å²) in [6.07, 6.45) is 6.91. The van der Waals surface area contributed by atoms with E-state index < -0.39 is 0 Å². The smallest absolute Gasteiger partial charge is 0.00207 e. The van der Waals surface area contributed by atoms with Crippen LogP contribution < -0.4 is 5.32 Å². The van der Waals surface area contributed by atoms with E-state index in [1.165, 1.54) is 38.6 Å². The van der Waals surface area contributed by atoms with Gasteiger partial charge in [-0.1, -0.05) is 46.5 Å². The highest BCUT2D eigenvalue weighted by Crippen LogP contribution is 2.12. The quantitative estimate of drug-likeness (QED) is 0.553. The van der Waals surface area contributed by atoms with Crippen LogP contribution in [0.25, 0.3) is 0 Å². The molecule has 0 spiro atoms. The predicted octanol–water partition coefficient (Wildman–Crippen LogP) is 3.20. The topological polar surface area (TPSA) is 12.0 Å². The van der Waals surface area contributed by atoms with Gasteiger partial charge in [0.1, 0.15) is 0 Å². The van der Waals surface area contributed by atoms with E-state index in [1.54, 1.807) is 0 Å². The third-order valence-corrected chi connectivity index (χ3v) is 2.48. The first-order valence-corrected chi connectivity index (χ1v) is 5.55. The van der Waals surface area contributed by atoms with E-state index >= 15 is 0 Å². The van der Waals surface area contributed by atoms with Gasteiger partial charge in [-0.3, -0.25) is 0 Å². The number of hydrogen-bond acceptors (Lipinski definition) is 1. The normalized spacial score (nSPS) is 13.2. The molecule has 74 valence electrons. The molecule has 1 N–H and O–H groups in total. The van der Waals surface area contributed by atoms with Crippen molar-refractivity contribution in [3.05, 3.63) is 0 Å². The first kappa shape index (κ1) is 12.0. The summed E-state index contributed by atoms with van der Waals surface area (Å²) in [5.41, 5.74) is 0. The van der Waals surface area contributed by atoms with E-state index in [1.807, 2.05) is 0 Å². The number of nitrogens with one attached hydrogen (secondary N) is 1. The van der Waals surface area contributed by atoms with Crippen molar-refractivity contribution in [2.45, 2.75) is 52.9 Å². The summed E-state index contributed by atoms with van der Waals surface area (Å²) < 4.78 is 0. The lowest BCUT2D eigenvalue weighted by Gasteiger charge is -2.14. The Morgan fingerprint density at radius 1 is 1.08 bits per heavy atom. The fourth-order valence-electron chi connectivity index (χ4n) is 1.48. The summed E-state index contributed by atoms with van der Waals surface area (Å²) in [5.74, 6) is 0.913. The van der Waals surface area contributed by atoms with Crippen molar-refractivity contribution in [2.75, 3.05) is 13.1 Å². The van der Waals surface area contributed by atoms with Crippen LogP contribution in [0.1, 0.15) is 52.9 Å². The maximum absolute atomic E-state index is 3.43. The van der Waals surface area contributed by atoms with Crippen LogP contribution in [0, 0.1) is 5.92 Å². The fourth-order valence-corrected chi connectivity index (χ4v) is 1.48. The van der Waals surface area contributed by atoms with E-state index in [4.69, 9.17) is 0 Å². The molecular weight excluding hydrogens is 146 g/mol. The molecular formula is C11H25N. The highest BCUT2D eigenvalue weighted by atomic mass is 14.8. The van der Waals surface area contributed by atoms with Crippen molar-refractivity contribution in [2.24, 2.45) is 5.92 Å². The molecule has 0 aliphatic carbocycles. The summed E-state index contributed by atoms with van der Waals surface area (Å²) in [4.78, 5) is 0. The first-order valence-electron chi connectivity index (χ1n) is 5.55. The molecule has 0 amide bonds. The predicted molar refractivity (Wildman–Crippen MR) is 56.5 cm³/mol. The number of unbranched alkanes of at least 4 members (excludes halogenated alkanes) is 2. The van der Waals surface area contributed by atoms with E-state index in [0.29, 0.717) is 0 Å². The van der Waals surface area contributed by atoms with Gasteiger partial charge >= 0.3 is 0 Å². The molecule has 0 aromatic carbocycles. The van der Waals surface area contributed by atoms with Gasteiger partial charge in [0.05, 0.1) is 0 Å². The molecule has 0 fully saturated rings. The molecule has 0 rings (SSSR count). The Morgan fingerprint density at radius 2 is 1.83 bits per heavy atom. The molecule has 0 saturated carbocycles. The maximum Gasteiger partial charge on any atom is -0.00207 e. The monoisotopic (exact) mass is 171 g/mol. The summed E-state index contributed by atoms with van der Waals surface area (Å²) in [5, 5.41) is 3.43. The molecule has 0 aliphatic heterocycles. The highest BCUT2D eigenvalue weighted by Gasteiger charge is 2.03. The van der Waals surface area contributed by atoms with Gasteiger partial charge in [0.25, 0.3) is 0 Å². The lowest BCUT2D eigenvalue weighted by atomic mass is 9.99. The number of hydrogen-bond donors (Lipinski definition) is 1. The van der Waals surface area contributed by atoms with Crippen molar-refractivity contribution in [1.29, 1.82) is 0 Å². The first-order chi connectivity index (χ1) is 5.85. The second-order valence-corrected chi connectivity index (χ2v) is 3.58. The molecule has 0 aromatic heterocycles. The van der Waals surface area contributed by atoms with Gasteiger partial charge in [-0.2, -0.15) is 0 Å². The van der Waals surface area contributed by atoms with Crippen LogP contribution in [0.3, 0.4) is 0 Å². The Bertz CT molecular complexity index is 81.1. The van der Waals surface area contributed by atoms with Crippen molar-refractivity contribution < 1.29 is 0 Å². The minimum absolute atomic E-state index is 0.913. The van der Waals surface area contributed by atoms with Gasteiger partial charge < -0.3 is 5.32 Å². The SMILES string of the molecule is CCCCCC(CC)CNCC. The lowest BCUT2D eigenvalue weighted by Crippen LogP contribution is -2.21. The van der Waals surface area contributed by atoms with Gasteiger partial charge in [0.15, 0.2) is 0 Å². The zero-order chi connectivity index (χ0) is 9.23. The summed E-state index contributed by atoms with van der Waals surface area (Å²) >= 11 is 0. The standard InChI is InChI=1S/C11H25N/c1-4-7-8-9-11(5-2)10-12-6-3/h11-12H,4-10H2,1-3H3. The second kappa shape index (κ2) is 9.05. The van der Waals surface area contributed by atoms with Gasteiger partial charge in [0.2, 0.25) is 0 Å². The zero-order valence-corrected chi connectivity index (χ0v) is 9.03. The van der Waals surface area contributed by atoms with Gasteiger partial charge in [-0.25, -0.2) is 0 Å². The molecule has 0 heterocycles. The molecule has 1 atom stereocenters. The van der Waals surface area contributed by atoms with Crippen LogP contribution in [-0.4, -0.2) is 13.1 Å². The third kappa shape index (κ3) is 6.66. The Labute approximate surface area is 77.9 Å². The molecule has 0 bridgehead atoms. The maximum atomic E-state index is 3.43. The number of rotatable bonds is 8. The van der Waals surface area contributed by atoms with Gasteiger partial charge in [-0.15, -0.1) is 0 Å². The molecule has 1 unspecified atom stereocenters. The average Bonchev–Trinajstić information content (AvgIpc) is 2.11. The molecule has 0 radical (unpaired) electrons. The van der Waals surface area contributed by atoms with Crippen LogP contribution in [0.5, 0.6) is 0 Å². The average molecular weight is 171 g/mol. The van der Waals surface area contributed by atoms with E-state index in [0.717, 1.165) is 12.5 Å². The Morgan fingerprint density at radius 3 is 2.33 bits per heavy atom. The highest BCUT2D eigenvalue weighted by molar-refractivity contribution is 4.60. The molecule has 1 heteroatoms. The minimum Gasteiger partial charge on any atom is -0.317 e. The van der Waals surface area contributed by atoms with E-state index in [-0.39, 0.29) is 0 Å². The Hall–Kier alpha value is -0.0400. The zero-order valence-electron chi connectivity index (χ0n) is 9.03. The van der Waals surface area contributed by atoms with Gasteiger partial charge in [-0.05, 0) is 25.4 Å². The van der Waals surface area contributed by atoms with Crippen molar-refractivity contribution >= 4 is 0 Å². The lowest BCUT2D eigenvalue weighted by molar-refractivity contribution is 0.420. The van der Waals surface area contributed by atoms with Crippen LogP contribution in [0.4, 0.5) is 0 Å². The van der Waals surface area contributed by atoms with Crippen molar-refractivity contribution in [1.82, 2.24) is 5.32 Å². The summed E-state index contributed by atoms with van der Waals surface area (Å²) in [6, 6.07) is 0. The largest absolute Gasteiger partial charge is 0.317 e. The summed E-state index contributed by atoms with van der Waals surface area (Å²) in [6.45, 7) is 9.08. The molecule has 0 aromatic rings. The Kier molecular flexibility index (Phi) is 9.02. The second-order valence-electron chi connectivity index (χ2n) is 3.58. The van der Waals surface area contributed by atoms with Crippen LogP contribution in [-0.2, 0) is 0 Å². The summed E-state index contributed by atoms with van der Waals surface area (Å²) in [7, 11) is 0. The van der Waals surface area contributed by atoms with Crippen LogP contribution >= 0.6 is 0 Å². The Balaban J connectivity index is 3.26. The molecule has 0 aliphatic rings. The van der Waals surface area contributed by atoms with Crippen LogP contribution in [0.15, 0.2) is 0 Å². The minimum atomic E-state index is 0.913. The van der Waals surface area contributed by atoms with Gasteiger partial charge in [0, 0.05) is 0 Å². The fraction of sp³-hybridized carbons (Fsp3) is 1.00. The third-order valence-electron chi connectivity index (χ3n) is 2.48. The molecule has 0 saturated heterocycles. The van der Waals surface area contributed by atoms with Crippen molar-refractivity contribution in [3.8, 4) is 0 Å². The van der Waals surface area contributed by atoms with E-state index in [9.17, 15) is 0 Å². The van der Waals surface area contributed by atoms with E-state index in [2.05, 4.69) is 26.1 Å². The molecule has 12 heavy (non-hydrogen) atoms. The molecule has 1 nitrogen and oxygen atoms in total. The van der Waals surface area contributed by atoms with Crippen LogP contribution in [0.2, 0.25) is 0 Å². The van der Waals surface area contributed by atoms with Crippen molar-refractivity contribution in [3.63, 3.8) is 0 Å².